The molecule has 0 aromatic rings. The van der Waals surface area contributed by atoms with Gasteiger partial charge in [-0.25, -0.2) is 0 Å². The zero-order valence-electron chi connectivity index (χ0n) is 8.83. The Morgan fingerprint density at radius 2 is 1.71 bits per heavy atom. The lowest BCUT2D eigenvalue weighted by atomic mass is 9.66. The zero-order valence-corrected chi connectivity index (χ0v) is 8.83. The van der Waals surface area contributed by atoms with E-state index in [0.717, 1.165) is 25.7 Å². The molecule has 14 heavy (non-hydrogen) atoms. The van der Waals surface area contributed by atoms with Gasteiger partial charge in [-0.2, -0.15) is 0 Å². The lowest BCUT2D eigenvalue weighted by Gasteiger charge is -2.40. The fourth-order valence-electron chi connectivity index (χ4n) is 3.32. The summed E-state index contributed by atoms with van der Waals surface area (Å²) in [6.07, 6.45) is 5.68. The van der Waals surface area contributed by atoms with Crippen LogP contribution in [0.3, 0.4) is 0 Å². The molecular formula is C11H20N2O. The first kappa shape index (κ1) is 9.97. The highest BCUT2D eigenvalue weighted by Crippen LogP contribution is 2.42. The number of hydrogen-bond donors (Lipinski definition) is 2. The molecule has 2 fully saturated rings. The van der Waals surface area contributed by atoms with Crippen molar-refractivity contribution in [2.24, 2.45) is 23.5 Å². The summed E-state index contributed by atoms with van der Waals surface area (Å²) in [5.41, 5.74) is 5.98. The van der Waals surface area contributed by atoms with Crippen molar-refractivity contribution in [1.82, 2.24) is 5.32 Å². The van der Waals surface area contributed by atoms with Crippen molar-refractivity contribution in [2.75, 3.05) is 7.05 Å². The van der Waals surface area contributed by atoms with Crippen LogP contribution in [-0.2, 0) is 4.79 Å². The van der Waals surface area contributed by atoms with E-state index in [1.807, 2.05) is 0 Å². The van der Waals surface area contributed by atoms with Gasteiger partial charge in [0.1, 0.15) is 0 Å². The second-order valence-corrected chi connectivity index (χ2v) is 4.98. The van der Waals surface area contributed by atoms with E-state index in [0.29, 0.717) is 17.9 Å². The predicted octanol–water partition coefficient (Wildman–Crippen LogP) is 0.886. The number of carbonyl (C=O) groups excluding carboxylic acids is 1. The van der Waals surface area contributed by atoms with E-state index in [4.69, 9.17) is 5.73 Å². The van der Waals surface area contributed by atoms with Gasteiger partial charge in [0.25, 0.3) is 0 Å². The number of amides is 1. The van der Waals surface area contributed by atoms with Gasteiger partial charge in [-0.3, -0.25) is 4.79 Å². The summed E-state index contributed by atoms with van der Waals surface area (Å²) in [6.45, 7) is 0. The minimum atomic E-state index is 0.232. The van der Waals surface area contributed by atoms with Gasteiger partial charge in [0.05, 0.1) is 0 Å². The highest BCUT2D eigenvalue weighted by molar-refractivity contribution is 5.78. The lowest BCUT2D eigenvalue weighted by Crippen LogP contribution is -2.41. The van der Waals surface area contributed by atoms with Crippen molar-refractivity contribution in [3.8, 4) is 0 Å². The van der Waals surface area contributed by atoms with Gasteiger partial charge in [0, 0.05) is 19.0 Å². The Kier molecular flexibility index (Phi) is 2.77. The van der Waals surface area contributed by atoms with E-state index in [2.05, 4.69) is 5.32 Å². The van der Waals surface area contributed by atoms with Crippen LogP contribution in [0, 0.1) is 17.8 Å². The number of fused-ring (bicyclic) bond motifs is 2. The highest BCUT2D eigenvalue weighted by Gasteiger charge is 2.37. The van der Waals surface area contributed by atoms with Crippen LogP contribution < -0.4 is 11.1 Å². The van der Waals surface area contributed by atoms with E-state index in [1.165, 1.54) is 6.42 Å². The average Bonchev–Trinajstić information content (AvgIpc) is 2.14. The van der Waals surface area contributed by atoms with Gasteiger partial charge in [-0.1, -0.05) is 0 Å². The van der Waals surface area contributed by atoms with Crippen molar-refractivity contribution in [2.45, 2.75) is 38.1 Å². The van der Waals surface area contributed by atoms with Crippen LogP contribution in [0.1, 0.15) is 32.1 Å². The number of hydrogen-bond acceptors (Lipinski definition) is 2. The molecule has 0 aromatic heterocycles. The quantitative estimate of drug-likeness (QED) is 0.654. The first-order valence-corrected chi connectivity index (χ1v) is 5.66. The van der Waals surface area contributed by atoms with Crippen molar-refractivity contribution in [3.05, 3.63) is 0 Å². The molecule has 3 nitrogen and oxygen atoms in total. The Bertz CT molecular complexity index is 211. The van der Waals surface area contributed by atoms with Gasteiger partial charge in [0.15, 0.2) is 0 Å². The Hall–Kier alpha value is -0.570. The molecule has 2 rings (SSSR count). The molecule has 0 radical (unpaired) electrons. The molecule has 4 atom stereocenters. The second-order valence-electron chi connectivity index (χ2n) is 4.98. The van der Waals surface area contributed by atoms with Crippen molar-refractivity contribution in [3.63, 3.8) is 0 Å². The van der Waals surface area contributed by atoms with Gasteiger partial charge in [-0.15, -0.1) is 0 Å². The second kappa shape index (κ2) is 3.89. The molecule has 0 heterocycles. The summed E-state index contributed by atoms with van der Waals surface area (Å²) < 4.78 is 0. The van der Waals surface area contributed by atoms with E-state index < -0.39 is 0 Å². The predicted molar refractivity (Wildman–Crippen MR) is 55.6 cm³/mol. The highest BCUT2D eigenvalue weighted by atomic mass is 16.1. The third-order valence-corrected chi connectivity index (χ3v) is 3.79. The van der Waals surface area contributed by atoms with E-state index >= 15 is 0 Å². The molecule has 2 aliphatic carbocycles. The molecule has 2 bridgehead atoms. The minimum absolute atomic E-state index is 0.232. The fraction of sp³-hybridized carbons (Fsp3) is 0.909. The van der Waals surface area contributed by atoms with Crippen LogP contribution in [0.2, 0.25) is 0 Å². The molecule has 0 aliphatic heterocycles. The average molecular weight is 196 g/mol. The summed E-state index contributed by atoms with van der Waals surface area (Å²) in [5, 5.41) is 2.77. The SMILES string of the molecule is CNC(=O)C1C[C@H]2CC(N)C[C@@H](C1)C2. The monoisotopic (exact) mass is 196 g/mol. The topological polar surface area (TPSA) is 55.1 Å². The number of nitrogens with two attached hydrogens (primary N) is 1. The first-order valence-electron chi connectivity index (χ1n) is 5.66. The Labute approximate surface area is 85.4 Å². The summed E-state index contributed by atoms with van der Waals surface area (Å²) in [5.74, 6) is 1.91. The van der Waals surface area contributed by atoms with E-state index in [-0.39, 0.29) is 11.8 Å². The van der Waals surface area contributed by atoms with Crippen molar-refractivity contribution < 1.29 is 4.79 Å². The number of carbonyl (C=O) groups is 1. The van der Waals surface area contributed by atoms with Crippen molar-refractivity contribution in [1.29, 1.82) is 0 Å². The maximum Gasteiger partial charge on any atom is 0.222 e. The Morgan fingerprint density at radius 3 is 2.21 bits per heavy atom. The largest absolute Gasteiger partial charge is 0.359 e. The van der Waals surface area contributed by atoms with Crippen LogP contribution >= 0.6 is 0 Å². The molecule has 1 amide bonds. The van der Waals surface area contributed by atoms with Crippen LogP contribution in [0.25, 0.3) is 0 Å². The Balaban J connectivity index is 1.98. The third kappa shape index (κ3) is 1.92. The molecule has 2 saturated carbocycles. The third-order valence-electron chi connectivity index (χ3n) is 3.79. The van der Waals surface area contributed by atoms with Gasteiger partial charge in [0.2, 0.25) is 5.91 Å². The number of nitrogens with one attached hydrogen (secondary N) is 1. The molecule has 2 unspecified atom stereocenters. The van der Waals surface area contributed by atoms with Crippen molar-refractivity contribution >= 4 is 5.91 Å². The normalized spacial score (nSPS) is 41.9. The molecular weight excluding hydrogens is 176 g/mol. The van der Waals surface area contributed by atoms with Crippen LogP contribution in [0.4, 0.5) is 0 Å². The lowest BCUT2D eigenvalue weighted by molar-refractivity contribution is -0.127. The summed E-state index contributed by atoms with van der Waals surface area (Å²) in [6, 6.07) is 0.393. The molecule has 3 N–H and O–H groups in total. The smallest absolute Gasteiger partial charge is 0.222 e. The van der Waals surface area contributed by atoms with E-state index in [1.54, 1.807) is 7.05 Å². The van der Waals surface area contributed by atoms with E-state index in [9.17, 15) is 4.79 Å². The maximum atomic E-state index is 11.5. The van der Waals surface area contributed by atoms with Gasteiger partial charge in [-0.05, 0) is 43.9 Å². The fourth-order valence-corrected chi connectivity index (χ4v) is 3.32. The standard InChI is InChI=1S/C11H20N2O/c1-13-11(14)9-3-7-2-8(4-9)6-10(12)5-7/h7-10H,2-6,12H2,1H3,(H,13,14)/t7-,8+,9?,10?. The number of rotatable bonds is 1. The maximum absolute atomic E-state index is 11.5. The molecule has 0 saturated heterocycles. The summed E-state index contributed by atoms with van der Waals surface area (Å²) >= 11 is 0. The first-order chi connectivity index (χ1) is 6.69. The Morgan fingerprint density at radius 1 is 1.14 bits per heavy atom. The van der Waals surface area contributed by atoms with Crippen LogP contribution in [-0.4, -0.2) is 19.0 Å². The van der Waals surface area contributed by atoms with Gasteiger partial charge >= 0.3 is 0 Å². The molecule has 0 aromatic carbocycles. The molecule has 80 valence electrons. The van der Waals surface area contributed by atoms with Crippen LogP contribution in [0.5, 0.6) is 0 Å². The zero-order chi connectivity index (χ0) is 10.1. The summed E-state index contributed by atoms with van der Waals surface area (Å²) in [7, 11) is 1.73. The summed E-state index contributed by atoms with van der Waals surface area (Å²) in [4.78, 5) is 11.5. The minimum Gasteiger partial charge on any atom is -0.359 e. The molecule has 3 heteroatoms. The van der Waals surface area contributed by atoms with Gasteiger partial charge < -0.3 is 11.1 Å². The van der Waals surface area contributed by atoms with Crippen LogP contribution in [0.15, 0.2) is 0 Å². The molecule has 2 aliphatic rings. The molecule has 0 spiro atoms.